The lowest BCUT2D eigenvalue weighted by molar-refractivity contribution is -0.136. The van der Waals surface area contributed by atoms with Gasteiger partial charge in [0.15, 0.2) is 11.5 Å². The lowest BCUT2D eigenvalue weighted by Crippen LogP contribution is -2.53. The molecule has 0 bridgehead atoms. The van der Waals surface area contributed by atoms with Crippen LogP contribution in [0, 0.1) is 0 Å². The Hall–Kier alpha value is -2.48. The Morgan fingerprint density at radius 3 is 2.33 bits per heavy atom. The minimum Gasteiger partial charge on any atom is -0.490 e. The summed E-state index contributed by atoms with van der Waals surface area (Å²) in [5.41, 5.74) is 0.687. The smallest absolute Gasteiger partial charge is 0.321 e. The Kier molecular flexibility index (Phi) is 9.66. The summed E-state index contributed by atoms with van der Waals surface area (Å²) in [6, 6.07) is 5.72. The van der Waals surface area contributed by atoms with Crippen LogP contribution in [0.25, 0.3) is 0 Å². The second kappa shape index (κ2) is 12.7. The van der Waals surface area contributed by atoms with Gasteiger partial charge in [0.05, 0.1) is 19.8 Å². The zero-order valence-corrected chi connectivity index (χ0v) is 20.5. The van der Waals surface area contributed by atoms with Crippen molar-refractivity contribution in [1.82, 2.24) is 14.7 Å². The van der Waals surface area contributed by atoms with E-state index in [9.17, 15) is 9.59 Å². The number of nitrogens with one attached hydrogen (secondary N) is 1. The molecular weight excluding hydrogens is 420 g/mol. The molecule has 0 spiro atoms. The highest BCUT2D eigenvalue weighted by molar-refractivity contribution is 5.89. The maximum atomic E-state index is 12.8. The minimum atomic E-state index is -0.130. The molecule has 184 valence electrons. The van der Waals surface area contributed by atoms with Crippen LogP contribution in [0.1, 0.15) is 52.9 Å². The number of hydrogen-bond donors (Lipinski definition) is 1. The number of carbonyl (C=O) groups is 2. The Morgan fingerprint density at radius 1 is 0.970 bits per heavy atom. The first-order valence-electron chi connectivity index (χ1n) is 12.5. The van der Waals surface area contributed by atoms with Gasteiger partial charge in [0.25, 0.3) is 0 Å². The fourth-order valence-electron chi connectivity index (χ4n) is 4.30. The number of benzene rings is 1. The largest absolute Gasteiger partial charge is 0.490 e. The van der Waals surface area contributed by atoms with Crippen molar-refractivity contribution in [2.24, 2.45) is 0 Å². The molecule has 0 radical (unpaired) electrons. The van der Waals surface area contributed by atoms with Crippen LogP contribution < -0.4 is 14.8 Å². The van der Waals surface area contributed by atoms with Gasteiger partial charge in [-0.05, 0) is 51.2 Å². The number of rotatable bonds is 9. The fraction of sp³-hybridized carbons (Fsp3) is 0.680. The van der Waals surface area contributed by atoms with Crippen molar-refractivity contribution in [3.63, 3.8) is 0 Å². The van der Waals surface area contributed by atoms with Crippen molar-refractivity contribution in [2.75, 3.05) is 57.8 Å². The van der Waals surface area contributed by atoms with E-state index < -0.39 is 0 Å². The quantitative estimate of drug-likeness (QED) is 0.607. The molecule has 3 rings (SSSR count). The van der Waals surface area contributed by atoms with E-state index in [0.717, 1.165) is 32.2 Å². The van der Waals surface area contributed by atoms with Gasteiger partial charge in [0.2, 0.25) is 5.91 Å². The van der Waals surface area contributed by atoms with E-state index in [1.165, 1.54) is 6.42 Å². The van der Waals surface area contributed by atoms with Gasteiger partial charge >= 0.3 is 6.03 Å². The molecule has 1 unspecified atom stereocenters. The van der Waals surface area contributed by atoms with Gasteiger partial charge < -0.3 is 24.6 Å². The lowest BCUT2D eigenvalue weighted by atomic mass is 10.0. The Bertz CT molecular complexity index is 780. The fourth-order valence-corrected chi connectivity index (χ4v) is 4.30. The maximum Gasteiger partial charge on any atom is 0.321 e. The molecule has 1 aromatic carbocycles. The topological polar surface area (TPSA) is 74.4 Å². The van der Waals surface area contributed by atoms with E-state index in [1.54, 1.807) is 4.90 Å². The van der Waals surface area contributed by atoms with Crippen LogP contribution in [0.3, 0.4) is 0 Å². The number of piperidine rings is 1. The average Bonchev–Trinajstić information content (AvgIpc) is 2.82. The zero-order valence-electron chi connectivity index (χ0n) is 20.5. The highest BCUT2D eigenvalue weighted by Crippen LogP contribution is 2.31. The third-order valence-electron chi connectivity index (χ3n) is 6.26. The number of amides is 3. The molecule has 1 N–H and O–H groups in total. The van der Waals surface area contributed by atoms with Gasteiger partial charge in [-0.25, -0.2) is 4.79 Å². The van der Waals surface area contributed by atoms with E-state index in [-0.39, 0.29) is 11.9 Å². The van der Waals surface area contributed by atoms with Crippen LogP contribution in [0.5, 0.6) is 11.5 Å². The summed E-state index contributed by atoms with van der Waals surface area (Å²) < 4.78 is 11.6. The van der Waals surface area contributed by atoms with Crippen molar-refractivity contribution in [3.8, 4) is 11.5 Å². The molecule has 8 heteroatoms. The molecule has 2 fully saturated rings. The standard InChI is InChI=1S/C25H40N4O4/c1-4-16-32-22-10-9-21(18-23(22)33-17-5-2)26-25(31)28-14-12-27(13-15-28)19-24(30)29-11-7-6-8-20(29)3/h9-10,18,20H,4-8,11-17,19H2,1-3H3,(H,26,31). The maximum absolute atomic E-state index is 12.8. The Morgan fingerprint density at radius 2 is 1.67 bits per heavy atom. The Labute approximate surface area is 198 Å². The van der Waals surface area contributed by atoms with E-state index >= 15 is 0 Å². The van der Waals surface area contributed by atoms with E-state index in [4.69, 9.17) is 9.47 Å². The number of carbonyl (C=O) groups excluding carboxylic acids is 2. The highest BCUT2D eigenvalue weighted by Gasteiger charge is 2.27. The van der Waals surface area contributed by atoms with Crippen LogP contribution >= 0.6 is 0 Å². The second-order valence-electron chi connectivity index (χ2n) is 8.98. The summed E-state index contributed by atoms with van der Waals surface area (Å²) in [7, 11) is 0. The zero-order chi connectivity index (χ0) is 23.6. The molecule has 0 saturated carbocycles. The number of ether oxygens (including phenoxy) is 2. The minimum absolute atomic E-state index is 0.130. The predicted octanol–water partition coefficient (Wildman–Crippen LogP) is 3.81. The van der Waals surface area contributed by atoms with Crippen LogP contribution in [0.4, 0.5) is 10.5 Å². The summed E-state index contributed by atoms with van der Waals surface area (Å²) in [5.74, 6) is 1.56. The first-order valence-corrected chi connectivity index (χ1v) is 12.5. The first-order chi connectivity index (χ1) is 16.0. The van der Waals surface area contributed by atoms with Crippen LogP contribution in [-0.2, 0) is 4.79 Å². The molecule has 0 aromatic heterocycles. The molecule has 2 heterocycles. The van der Waals surface area contributed by atoms with Crippen molar-refractivity contribution in [1.29, 1.82) is 0 Å². The molecule has 0 aliphatic carbocycles. The SMILES string of the molecule is CCCOc1ccc(NC(=O)N2CCN(CC(=O)N3CCCCC3C)CC2)cc1OCCC. The van der Waals surface area contributed by atoms with Gasteiger partial charge in [-0.2, -0.15) is 0 Å². The molecule has 2 aliphatic heterocycles. The first kappa shape index (κ1) is 25.1. The number of anilines is 1. The van der Waals surface area contributed by atoms with Crippen molar-refractivity contribution >= 4 is 17.6 Å². The molecule has 2 aliphatic rings. The number of likely N-dealkylation sites (tertiary alicyclic amines) is 1. The van der Waals surface area contributed by atoms with E-state index in [1.807, 2.05) is 23.1 Å². The van der Waals surface area contributed by atoms with Crippen molar-refractivity contribution < 1.29 is 19.1 Å². The van der Waals surface area contributed by atoms with E-state index in [0.29, 0.717) is 69.2 Å². The van der Waals surface area contributed by atoms with Crippen LogP contribution in [-0.4, -0.2) is 85.2 Å². The summed E-state index contributed by atoms with van der Waals surface area (Å²) in [6.45, 7) is 11.4. The van der Waals surface area contributed by atoms with Gasteiger partial charge in [-0.3, -0.25) is 9.69 Å². The predicted molar refractivity (Wildman–Crippen MR) is 130 cm³/mol. The van der Waals surface area contributed by atoms with Crippen LogP contribution in [0.15, 0.2) is 18.2 Å². The second-order valence-corrected chi connectivity index (χ2v) is 8.98. The molecule has 1 aromatic rings. The lowest BCUT2D eigenvalue weighted by Gasteiger charge is -2.38. The molecule has 3 amide bonds. The summed E-state index contributed by atoms with van der Waals surface area (Å²) in [5, 5.41) is 2.98. The number of nitrogens with zero attached hydrogens (tertiary/aromatic N) is 3. The van der Waals surface area contributed by atoms with Gasteiger partial charge in [-0.15, -0.1) is 0 Å². The normalized spacial score (nSPS) is 19.3. The molecule has 2 saturated heterocycles. The number of piperazine rings is 1. The summed E-state index contributed by atoms with van der Waals surface area (Å²) in [6.07, 6.45) is 5.21. The van der Waals surface area contributed by atoms with Gasteiger partial charge in [-0.1, -0.05) is 13.8 Å². The van der Waals surface area contributed by atoms with Gasteiger partial charge in [0, 0.05) is 50.5 Å². The van der Waals surface area contributed by atoms with E-state index in [2.05, 4.69) is 31.0 Å². The van der Waals surface area contributed by atoms with Crippen molar-refractivity contribution in [3.05, 3.63) is 18.2 Å². The monoisotopic (exact) mass is 460 g/mol. The van der Waals surface area contributed by atoms with Gasteiger partial charge in [0.1, 0.15) is 0 Å². The highest BCUT2D eigenvalue weighted by atomic mass is 16.5. The molecule has 8 nitrogen and oxygen atoms in total. The molecule has 1 atom stereocenters. The summed E-state index contributed by atoms with van der Waals surface area (Å²) in [4.78, 5) is 31.5. The third kappa shape index (κ3) is 7.25. The number of hydrogen-bond acceptors (Lipinski definition) is 5. The summed E-state index contributed by atoms with van der Waals surface area (Å²) >= 11 is 0. The van der Waals surface area contributed by atoms with Crippen LogP contribution in [0.2, 0.25) is 0 Å². The Balaban J connectivity index is 1.49. The molecule has 33 heavy (non-hydrogen) atoms. The number of urea groups is 1. The van der Waals surface area contributed by atoms with Crippen molar-refractivity contribution in [2.45, 2.75) is 58.9 Å². The molecular formula is C25H40N4O4. The third-order valence-corrected chi connectivity index (χ3v) is 6.26. The average molecular weight is 461 g/mol.